The van der Waals surface area contributed by atoms with Crippen LogP contribution in [0.25, 0.3) is 11.0 Å². The first-order valence-corrected chi connectivity index (χ1v) is 7.95. The summed E-state index contributed by atoms with van der Waals surface area (Å²) in [6.07, 6.45) is 0. The lowest BCUT2D eigenvalue weighted by Gasteiger charge is -2.05. The molecule has 0 aliphatic rings. The van der Waals surface area contributed by atoms with Crippen molar-refractivity contribution in [2.75, 3.05) is 6.61 Å². The fraction of sp³-hybridized carbons (Fsp3) is 0.167. The van der Waals surface area contributed by atoms with Crippen LogP contribution in [0.1, 0.15) is 12.5 Å². The van der Waals surface area contributed by atoms with Crippen LogP contribution in [0.4, 0.5) is 5.69 Å². The summed E-state index contributed by atoms with van der Waals surface area (Å²) in [5.74, 6) is 0. The number of nitrogens with zero attached hydrogens (tertiary/aromatic N) is 1. The lowest BCUT2D eigenvalue weighted by Crippen LogP contribution is -2.10. The molecule has 0 radical (unpaired) electrons. The summed E-state index contributed by atoms with van der Waals surface area (Å²) in [6, 6.07) is 17.8. The fourth-order valence-corrected chi connectivity index (χ4v) is 2.42. The Hall–Kier alpha value is -1.91. The van der Waals surface area contributed by atoms with Gasteiger partial charge in [-0.25, -0.2) is 4.99 Å². The van der Waals surface area contributed by atoms with Gasteiger partial charge in [-0.3, -0.25) is 0 Å². The van der Waals surface area contributed by atoms with E-state index >= 15 is 0 Å². The third-order valence-corrected chi connectivity index (χ3v) is 3.78. The van der Waals surface area contributed by atoms with Crippen LogP contribution in [0.15, 0.2) is 68.5 Å². The molecule has 0 unspecified atom stereocenters. The molecule has 0 saturated carbocycles. The van der Waals surface area contributed by atoms with E-state index in [1.54, 1.807) is 0 Å². The number of ether oxygens (including phenoxy) is 1. The van der Waals surface area contributed by atoms with Crippen molar-refractivity contribution in [3.8, 4) is 0 Å². The summed E-state index contributed by atoms with van der Waals surface area (Å²) >= 11 is 3.43. The molecule has 0 amide bonds. The number of hydrogen-bond donors (Lipinski definition) is 0. The molecule has 1 aromatic heterocycles. The Morgan fingerprint density at radius 2 is 1.86 bits per heavy atom. The fourth-order valence-electron chi connectivity index (χ4n) is 2.15. The van der Waals surface area contributed by atoms with Gasteiger partial charge in [-0.05, 0) is 43.3 Å². The smallest absolute Gasteiger partial charge is 0.225 e. The van der Waals surface area contributed by atoms with Crippen molar-refractivity contribution in [1.29, 1.82) is 0 Å². The van der Waals surface area contributed by atoms with Crippen LogP contribution in [0.3, 0.4) is 0 Å². The van der Waals surface area contributed by atoms with Crippen molar-refractivity contribution >= 4 is 32.6 Å². The Bertz CT molecular complexity index is 838. The number of rotatable bonds is 4. The van der Waals surface area contributed by atoms with Gasteiger partial charge in [0.2, 0.25) is 5.55 Å². The van der Waals surface area contributed by atoms with E-state index in [2.05, 4.69) is 27.0 Å². The predicted molar refractivity (Wildman–Crippen MR) is 90.9 cm³/mol. The van der Waals surface area contributed by atoms with Crippen LogP contribution >= 0.6 is 15.9 Å². The molecular formula is C18H16BrNO2. The van der Waals surface area contributed by atoms with E-state index in [0.717, 1.165) is 26.7 Å². The SMILES string of the molecule is CCOCc1cc2ccccc2oc1=Nc1ccc(Br)cc1. The quantitative estimate of drug-likeness (QED) is 0.660. The number of para-hydroxylation sites is 1. The molecule has 112 valence electrons. The summed E-state index contributed by atoms with van der Waals surface area (Å²) in [6.45, 7) is 3.12. The van der Waals surface area contributed by atoms with Crippen LogP contribution in [-0.2, 0) is 11.3 Å². The highest BCUT2D eigenvalue weighted by Crippen LogP contribution is 2.18. The predicted octanol–water partition coefficient (Wildman–Crippen LogP) is 4.96. The number of hydrogen-bond acceptors (Lipinski definition) is 3. The Balaban J connectivity index is 2.14. The molecule has 3 aromatic rings. The standard InChI is InChI=1S/C18H16BrNO2/c1-2-21-12-14-11-13-5-3-4-6-17(13)22-18(14)20-16-9-7-15(19)8-10-16/h3-11H,2,12H2,1H3. The van der Waals surface area contributed by atoms with Crippen molar-refractivity contribution in [1.82, 2.24) is 0 Å². The Morgan fingerprint density at radius 1 is 1.09 bits per heavy atom. The number of halogens is 1. The van der Waals surface area contributed by atoms with Crippen LogP contribution in [0, 0.1) is 0 Å². The lowest BCUT2D eigenvalue weighted by molar-refractivity contribution is 0.131. The number of benzene rings is 2. The van der Waals surface area contributed by atoms with Crippen molar-refractivity contribution in [2.45, 2.75) is 13.5 Å². The van der Waals surface area contributed by atoms with Crippen molar-refractivity contribution in [3.05, 3.63) is 70.2 Å². The summed E-state index contributed by atoms with van der Waals surface area (Å²) in [4.78, 5) is 4.62. The Morgan fingerprint density at radius 3 is 2.64 bits per heavy atom. The van der Waals surface area contributed by atoms with Crippen LogP contribution in [0.2, 0.25) is 0 Å². The molecule has 2 aromatic carbocycles. The van der Waals surface area contributed by atoms with E-state index in [-0.39, 0.29) is 0 Å². The summed E-state index contributed by atoms with van der Waals surface area (Å²) in [5.41, 5.74) is 3.21. The minimum atomic E-state index is 0.486. The highest BCUT2D eigenvalue weighted by Gasteiger charge is 2.04. The van der Waals surface area contributed by atoms with Gasteiger partial charge in [-0.1, -0.05) is 34.1 Å². The van der Waals surface area contributed by atoms with Gasteiger partial charge in [0.25, 0.3) is 0 Å². The first-order valence-electron chi connectivity index (χ1n) is 7.16. The molecule has 0 aliphatic heterocycles. The van der Waals surface area contributed by atoms with Gasteiger partial charge in [-0.15, -0.1) is 0 Å². The van der Waals surface area contributed by atoms with Crippen LogP contribution < -0.4 is 5.55 Å². The summed E-state index contributed by atoms with van der Waals surface area (Å²) in [5, 5.41) is 1.05. The van der Waals surface area contributed by atoms with E-state index < -0.39 is 0 Å². The van der Waals surface area contributed by atoms with Gasteiger partial charge in [0.15, 0.2) is 0 Å². The lowest BCUT2D eigenvalue weighted by atomic mass is 10.2. The van der Waals surface area contributed by atoms with Gasteiger partial charge >= 0.3 is 0 Å². The Labute approximate surface area is 137 Å². The monoisotopic (exact) mass is 357 g/mol. The molecule has 0 spiro atoms. The maximum absolute atomic E-state index is 5.97. The average molecular weight is 358 g/mol. The molecule has 0 aliphatic carbocycles. The molecular weight excluding hydrogens is 342 g/mol. The van der Waals surface area contributed by atoms with Crippen molar-refractivity contribution in [2.24, 2.45) is 4.99 Å². The molecule has 0 N–H and O–H groups in total. The van der Waals surface area contributed by atoms with Gasteiger partial charge in [0, 0.05) is 22.0 Å². The third-order valence-electron chi connectivity index (χ3n) is 3.25. The van der Waals surface area contributed by atoms with Crippen molar-refractivity contribution in [3.63, 3.8) is 0 Å². The highest BCUT2D eigenvalue weighted by molar-refractivity contribution is 9.10. The molecule has 22 heavy (non-hydrogen) atoms. The molecule has 3 rings (SSSR count). The largest absolute Gasteiger partial charge is 0.438 e. The minimum absolute atomic E-state index is 0.486. The summed E-state index contributed by atoms with van der Waals surface area (Å²) in [7, 11) is 0. The molecule has 0 saturated heterocycles. The summed E-state index contributed by atoms with van der Waals surface area (Å²) < 4.78 is 12.5. The van der Waals surface area contributed by atoms with Gasteiger partial charge in [0.1, 0.15) is 5.58 Å². The average Bonchev–Trinajstić information content (AvgIpc) is 2.55. The highest BCUT2D eigenvalue weighted by atomic mass is 79.9. The van der Waals surface area contributed by atoms with Crippen molar-refractivity contribution < 1.29 is 9.15 Å². The van der Waals surface area contributed by atoms with Gasteiger partial charge in [-0.2, -0.15) is 0 Å². The van der Waals surface area contributed by atoms with E-state index in [9.17, 15) is 0 Å². The second kappa shape index (κ2) is 6.90. The molecule has 0 fully saturated rings. The first-order chi connectivity index (χ1) is 10.8. The van der Waals surface area contributed by atoms with E-state index in [1.807, 2.05) is 55.5 Å². The molecule has 0 bridgehead atoms. The zero-order chi connectivity index (χ0) is 15.4. The maximum Gasteiger partial charge on any atom is 0.225 e. The molecule has 3 nitrogen and oxygen atoms in total. The second-order valence-electron chi connectivity index (χ2n) is 4.84. The van der Waals surface area contributed by atoms with E-state index in [0.29, 0.717) is 18.8 Å². The normalized spacial score (nSPS) is 12.0. The van der Waals surface area contributed by atoms with Gasteiger partial charge < -0.3 is 9.15 Å². The second-order valence-corrected chi connectivity index (χ2v) is 5.76. The Kier molecular flexibility index (Phi) is 4.71. The molecule has 4 heteroatoms. The van der Waals surface area contributed by atoms with Gasteiger partial charge in [0.05, 0.1) is 12.3 Å². The first kappa shape index (κ1) is 15.0. The van der Waals surface area contributed by atoms with E-state index in [1.165, 1.54) is 0 Å². The zero-order valence-electron chi connectivity index (χ0n) is 12.3. The third kappa shape index (κ3) is 3.46. The van der Waals surface area contributed by atoms with Crippen LogP contribution in [0.5, 0.6) is 0 Å². The zero-order valence-corrected chi connectivity index (χ0v) is 13.8. The molecule has 1 heterocycles. The maximum atomic E-state index is 5.97. The number of fused-ring (bicyclic) bond motifs is 1. The minimum Gasteiger partial charge on any atom is -0.438 e. The van der Waals surface area contributed by atoms with E-state index in [4.69, 9.17) is 9.15 Å². The molecule has 0 atom stereocenters. The topological polar surface area (TPSA) is 34.7 Å². The van der Waals surface area contributed by atoms with Crippen LogP contribution in [-0.4, -0.2) is 6.61 Å².